The lowest BCUT2D eigenvalue weighted by Gasteiger charge is -2.17. The van der Waals surface area contributed by atoms with Crippen LogP contribution in [0.25, 0.3) is 0 Å². The summed E-state index contributed by atoms with van der Waals surface area (Å²) in [4.78, 5) is 0. The lowest BCUT2D eigenvalue weighted by Crippen LogP contribution is -2.20. The number of nitrogens with zero attached hydrogens (tertiary/aromatic N) is 2. The molecule has 2 N–H and O–H groups in total. The molecule has 0 bridgehead atoms. The van der Waals surface area contributed by atoms with Crippen LogP contribution in [-0.4, -0.2) is 24.4 Å². The van der Waals surface area contributed by atoms with Gasteiger partial charge in [0, 0.05) is 19.7 Å². The molecule has 0 aliphatic rings. The summed E-state index contributed by atoms with van der Waals surface area (Å²) in [7, 11) is 1.63. The number of hydrogen-bond acceptors (Lipinski definition) is 4. The predicted molar refractivity (Wildman–Crippen MR) is 70.4 cm³/mol. The summed E-state index contributed by atoms with van der Waals surface area (Å²) in [5, 5.41) is 9.09. The Labute approximate surface area is 108 Å². The molecular weight excluding hydrogens is 230 g/mol. The summed E-state index contributed by atoms with van der Waals surface area (Å²) < 4.78 is 12.6. The first-order chi connectivity index (χ1) is 8.63. The summed E-state index contributed by atoms with van der Waals surface area (Å²) in [6, 6.07) is 3.80. The highest BCUT2D eigenvalue weighted by Gasteiger charge is 2.16. The van der Waals surface area contributed by atoms with Crippen molar-refractivity contribution in [2.24, 2.45) is 0 Å². The lowest BCUT2D eigenvalue weighted by atomic mass is 10.3. The van der Waals surface area contributed by atoms with Crippen LogP contribution in [0.3, 0.4) is 0 Å². The van der Waals surface area contributed by atoms with Crippen LogP contribution >= 0.6 is 0 Å². The molecule has 18 heavy (non-hydrogen) atoms. The van der Waals surface area contributed by atoms with Gasteiger partial charge in [0.15, 0.2) is 0 Å². The zero-order valence-corrected chi connectivity index (χ0v) is 11.3. The number of hydrogen-bond donors (Lipinski definition) is 1. The molecule has 5 heteroatoms. The topological polar surface area (TPSA) is 73.2 Å². The first-order valence-electron chi connectivity index (χ1n) is 6.18. The SMILES string of the molecule is CCCCn1c(C#N)cc(N)c1O[C@H](C)COC. The van der Waals surface area contributed by atoms with Crippen LogP contribution in [-0.2, 0) is 11.3 Å². The molecule has 0 radical (unpaired) electrons. The maximum absolute atomic E-state index is 9.09. The minimum absolute atomic E-state index is 0.0980. The Hall–Kier alpha value is -1.67. The number of anilines is 1. The Morgan fingerprint density at radius 3 is 2.83 bits per heavy atom. The highest BCUT2D eigenvalue weighted by molar-refractivity contribution is 5.55. The molecule has 1 atom stereocenters. The van der Waals surface area contributed by atoms with Crippen molar-refractivity contribution in [3.05, 3.63) is 11.8 Å². The minimum Gasteiger partial charge on any atom is -0.472 e. The van der Waals surface area contributed by atoms with E-state index in [1.807, 2.05) is 11.5 Å². The molecule has 0 fully saturated rings. The first kappa shape index (κ1) is 14.4. The van der Waals surface area contributed by atoms with Crippen molar-refractivity contribution in [2.45, 2.75) is 39.3 Å². The van der Waals surface area contributed by atoms with Crippen LogP contribution in [0.1, 0.15) is 32.4 Å². The van der Waals surface area contributed by atoms with E-state index in [0.29, 0.717) is 23.9 Å². The second kappa shape index (κ2) is 6.92. The van der Waals surface area contributed by atoms with Crippen molar-refractivity contribution in [3.63, 3.8) is 0 Å². The van der Waals surface area contributed by atoms with Gasteiger partial charge in [-0.15, -0.1) is 0 Å². The van der Waals surface area contributed by atoms with Crippen LogP contribution in [0.2, 0.25) is 0 Å². The third kappa shape index (κ3) is 3.41. The molecule has 0 amide bonds. The first-order valence-corrected chi connectivity index (χ1v) is 6.18. The number of nitrogens with two attached hydrogens (primary N) is 1. The Bertz CT molecular complexity index is 421. The average Bonchev–Trinajstić information content (AvgIpc) is 2.64. The maximum atomic E-state index is 9.09. The van der Waals surface area contributed by atoms with Crippen LogP contribution in [0.15, 0.2) is 6.07 Å². The van der Waals surface area contributed by atoms with Gasteiger partial charge in [0.1, 0.15) is 17.9 Å². The lowest BCUT2D eigenvalue weighted by molar-refractivity contribution is 0.0865. The van der Waals surface area contributed by atoms with Gasteiger partial charge in [-0.2, -0.15) is 5.26 Å². The number of aromatic nitrogens is 1. The molecule has 1 aromatic heterocycles. The second-order valence-corrected chi connectivity index (χ2v) is 4.29. The van der Waals surface area contributed by atoms with Gasteiger partial charge < -0.3 is 19.8 Å². The Morgan fingerprint density at radius 1 is 1.56 bits per heavy atom. The van der Waals surface area contributed by atoms with Crippen molar-refractivity contribution in [3.8, 4) is 11.9 Å². The molecular formula is C13H21N3O2. The zero-order valence-electron chi connectivity index (χ0n) is 11.3. The number of nitriles is 1. The number of ether oxygens (including phenoxy) is 2. The molecule has 1 heterocycles. The molecule has 0 aromatic carbocycles. The van der Waals surface area contributed by atoms with E-state index in [-0.39, 0.29) is 6.10 Å². The van der Waals surface area contributed by atoms with Gasteiger partial charge in [-0.05, 0) is 13.3 Å². The number of rotatable bonds is 7. The molecule has 100 valence electrons. The van der Waals surface area contributed by atoms with Gasteiger partial charge in [-0.1, -0.05) is 13.3 Å². The number of nitrogen functional groups attached to an aromatic ring is 1. The van der Waals surface area contributed by atoms with E-state index in [1.165, 1.54) is 0 Å². The molecule has 0 unspecified atom stereocenters. The van der Waals surface area contributed by atoms with E-state index in [0.717, 1.165) is 19.4 Å². The predicted octanol–water partition coefficient (Wildman–Crippen LogP) is 2.16. The molecule has 5 nitrogen and oxygen atoms in total. The zero-order chi connectivity index (χ0) is 13.5. The van der Waals surface area contributed by atoms with Crippen LogP contribution < -0.4 is 10.5 Å². The number of methoxy groups -OCH3 is 1. The molecule has 0 saturated heterocycles. The molecule has 1 aromatic rings. The van der Waals surface area contributed by atoms with Crippen molar-refractivity contribution < 1.29 is 9.47 Å². The summed E-state index contributed by atoms with van der Waals surface area (Å²) in [5.74, 6) is 0.574. The Morgan fingerprint density at radius 2 is 2.28 bits per heavy atom. The quantitative estimate of drug-likeness (QED) is 0.806. The fourth-order valence-corrected chi connectivity index (χ4v) is 1.77. The van der Waals surface area contributed by atoms with E-state index >= 15 is 0 Å². The van der Waals surface area contributed by atoms with Crippen molar-refractivity contribution in [2.75, 3.05) is 19.5 Å². The summed E-state index contributed by atoms with van der Waals surface area (Å²) in [5.41, 5.74) is 6.94. The summed E-state index contributed by atoms with van der Waals surface area (Å²) >= 11 is 0. The van der Waals surface area contributed by atoms with Crippen LogP contribution in [0.5, 0.6) is 5.88 Å². The summed E-state index contributed by atoms with van der Waals surface area (Å²) in [6.45, 7) is 5.24. The molecule has 0 spiro atoms. The molecule has 0 saturated carbocycles. The molecule has 0 aliphatic carbocycles. The van der Waals surface area contributed by atoms with E-state index in [1.54, 1.807) is 13.2 Å². The van der Waals surface area contributed by atoms with E-state index < -0.39 is 0 Å². The number of unbranched alkanes of at least 4 members (excludes halogenated alkanes) is 1. The van der Waals surface area contributed by atoms with Gasteiger partial charge in [0.25, 0.3) is 0 Å². The highest BCUT2D eigenvalue weighted by atomic mass is 16.5. The minimum atomic E-state index is -0.0980. The van der Waals surface area contributed by atoms with Crippen LogP contribution in [0, 0.1) is 11.3 Å². The van der Waals surface area contributed by atoms with E-state index in [9.17, 15) is 0 Å². The molecule has 0 aliphatic heterocycles. The third-order valence-electron chi connectivity index (χ3n) is 2.64. The highest BCUT2D eigenvalue weighted by Crippen LogP contribution is 2.28. The average molecular weight is 251 g/mol. The fourth-order valence-electron chi connectivity index (χ4n) is 1.77. The van der Waals surface area contributed by atoms with Crippen LogP contribution in [0.4, 0.5) is 5.69 Å². The van der Waals surface area contributed by atoms with Gasteiger partial charge in [0.05, 0.1) is 12.3 Å². The maximum Gasteiger partial charge on any atom is 0.218 e. The fraction of sp³-hybridized carbons (Fsp3) is 0.615. The van der Waals surface area contributed by atoms with Crippen molar-refractivity contribution in [1.82, 2.24) is 4.57 Å². The Balaban J connectivity index is 2.93. The largest absolute Gasteiger partial charge is 0.472 e. The van der Waals surface area contributed by atoms with Gasteiger partial charge in [-0.3, -0.25) is 0 Å². The second-order valence-electron chi connectivity index (χ2n) is 4.29. The molecule has 1 rings (SSSR count). The van der Waals surface area contributed by atoms with Gasteiger partial charge in [0.2, 0.25) is 5.88 Å². The van der Waals surface area contributed by atoms with Gasteiger partial charge in [-0.25, -0.2) is 0 Å². The van der Waals surface area contributed by atoms with Gasteiger partial charge >= 0.3 is 0 Å². The third-order valence-corrected chi connectivity index (χ3v) is 2.64. The summed E-state index contributed by atoms with van der Waals surface area (Å²) in [6.07, 6.45) is 1.94. The van der Waals surface area contributed by atoms with Crippen molar-refractivity contribution in [1.29, 1.82) is 5.26 Å². The normalized spacial score (nSPS) is 12.1. The van der Waals surface area contributed by atoms with Crippen molar-refractivity contribution >= 4 is 5.69 Å². The van der Waals surface area contributed by atoms with E-state index in [2.05, 4.69) is 13.0 Å². The monoisotopic (exact) mass is 251 g/mol. The standard InChI is InChI=1S/C13H21N3O2/c1-4-5-6-16-11(8-14)7-12(15)13(16)18-10(2)9-17-3/h7,10H,4-6,9,15H2,1-3H3/t10-/m1/s1. The Kier molecular flexibility index (Phi) is 5.53. The van der Waals surface area contributed by atoms with E-state index in [4.69, 9.17) is 20.5 Å². The smallest absolute Gasteiger partial charge is 0.218 e.